The minimum Gasteiger partial charge on any atom is -0.481 e. The van der Waals surface area contributed by atoms with Crippen molar-refractivity contribution in [3.8, 4) is 28.4 Å². The van der Waals surface area contributed by atoms with Crippen LogP contribution in [0.5, 0.6) is 5.88 Å². The number of aromatic nitrogens is 4. The van der Waals surface area contributed by atoms with Crippen molar-refractivity contribution in [1.82, 2.24) is 29.7 Å². The van der Waals surface area contributed by atoms with Gasteiger partial charge in [0.05, 0.1) is 51.9 Å². The molecule has 12 nitrogen and oxygen atoms in total. The van der Waals surface area contributed by atoms with Gasteiger partial charge in [0, 0.05) is 74.3 Å². The average Bonchev–Trinajstić information content (AvgIpc) is 3.73. The summed E-state index contributed by atoms with van der Waals surface area (Å²) in [5.41, 5.74) is 5.49. The minimum absolute atomic E-state index is 0.221. The molecule has 4 aromatic rings. The van der Waals surface area contributed by atoms with Gasteiger partial charge >= 0.3 is 5.97 Å². The summed E-state index contributed by atoms with van der Waals surface area (Å²) in [5.74, 6) is -0.0201. The normalized spacial score (nSPS) is 21.7. The summed E-state index contributed by atoms with van der Waals surface area (Å²) < 4.78 is 7.50. The molecule has 3 aromatic heterocycles. The predicted octanol–water partition coefficient (Wildman–Crippen LogP) is 6.36. The molecule has 0 radical (unpaired) electrons. The summed E-state index contributed by atoms with van der Waals surface area (Å²) in [7, 11) is 3.45. The average molecular weight is 763 g/mol. The third-order valence-corrected chi connectivity index (χ3v) is 11.8. The number of benzene rings is 1. The summed E-state index contributed by atoms with van der Waals surface area (Å²) in [6, 6.07) is 11.2. The summed E-state index contributed by atoms with van der Waals surface area (Å²) in [5, 5.41) is 26.3. The second-order valence-electron chi connectivity index (χ2n) is 14.5. The number of carbonyl (C=O) groups is 2. The fraction of sp³-hybridized carbons (Fsp3) is 0.462. The van der Waals surface area contributed by atoms with Crippen LogP contribution in [0.15, 0.2) is 42.6 Å². The van der Waals surface area contributed by atoms with E-state index in [0.717, 1.165) is 81.4 Å². The molecule has 4 N–H and O–H groups in total. The zero-order chi connectivity index (χ0) is 37.2. The van der Waals surface area contributed by atoms with Gasteiger partial charge in [0.1, 0.15) is 0 Å². The largest absolute Gasteiger partial charge is 0.481 e. The molecule has 7 rings (SSSR count). The molecule has 2 atom stereocenters. The van der Waals surface area contributed by atoms with Crippen molar-refractivity contribution in [1.29, 1.82) is 0 Å². The number of carboxylic acid groups (broad SMARTS) is 1. The number of nitrogens with zero attached hydrogens (tertiary/aromatic N) is 5. The van der Waals surface area contributed by atoms with Crippen LogP contribution >= 0.6 is 23.2 Å². The molecule has 280 valence electrons. The number of carboxylic acids is 1. The molecule has 0 bridgehead atoms. The molecular weight excluding hydrogens is 717 g/mol. The van der Waals surface area contributed by atoms with E-state index >= 15 is 0 Å². The van der Waals surface area contributed by atoms with Crippen LogP contribution in [0.2, 0.25) is 10.0 Å². The number of amides is 1. The number of imidazole rings is 1. The second-order valence-corrected chi connectivity index (χ2v) is 15.2. The van der Waals surface area contributed by atoms with Gasteiger partial charge in [-0.15, -0.1) is 0 Å². The number of ether oxygens (including phenoxy) is 1. The predicted molar refractivity (Wildman–Crippen MR) is 203 cm³/mol. The van der Waals surface area contributed by atoms with Gasteiger partial charge in [0.25, 0.3) is 5.91 Å². The Morgan fingerprint density at radius 3 is 2.55 bits per heavy atom. The maximum atomic E-state index is 13.7. The van der Waals surface area contributed by atoms with E-state index < -0.39 is 5.97 Å². The van der Waals surface area contributed by atoms with E-state index in [1.807, 2.05) is 23.7 Å². The molecule has 53 heavy (non-hydrogen) atoms. The zero-order valence-corrected chi connectivity index (χ0v) is 31.5. The van der Waals surface area contributed by atoms with E-state index in [1.54, 1.807) is 37.6 Å². The number of carbonyl (C=O) groups excluding carboxylic acids is 1. The third-order valence-electron chi connectivity index (χ3n) is 11.0. The maximum Gasteiger partial charge on any atom is 0.306 e. The first-order valence-electron chi connectivity index (χ1n) is 18.3. The van der Waals surface area contributed by atoms with E-state index in [2.05, 4.69) is 20.5 Å². The quantitative estimate of drug-likeness (QED) is 0.136. The number of aliphatic carboxylic acids is 1. The number of halogens is 2. The van der Waals surface area contributed by atoms with Crippen LogP contribution in [0.25, 0.3) is 22.5 Å². The van der Waals surface area contributed by atoms with Crippen LogP contribution < -0.4 is 15.4 Å². The molecule has 2 saturated carbocycles. The van der Waals surface area contributed by atoms with E-state index in [-0.39, 0.29) is 24.0 Å². The number of hydrogen-bond acceptors (Lipinski definition) is 9. The monoisotopic (exact) mass is 761 g/mol. The Hall–Kier alpha value is -4.07. The van der Waals surface area contributed by atoms with Crippen molar-refractivity contribution in [2.24, 2.45) is 18.9 Å². The van der Waals surface area contributed by atoms with Gasteiger partial charge in [-0.3, -0.25) is 19.5 Å². The molecule has 2 aliphatic carbocycles. The Morgan fingerprint density at radius 1 is 1.00 bits per heavy atom. The van der Waals surface area contributed by atoms with Crippen molar-refractivity contribution < 1.29 is 24.5 Å². The Balaban J connectivity index is 1.04. The molecule has 3 aliphatic rings. The summed E-state index contributed by atoms with van der Waals surface area (Å²) in [6.07, 6.45) is 7.96. The SMILES string of the molecule is COc1nc(-c2ccnc(-c3cccc(NC(=O)c4nc5c(n4C)CCN(C[C@H]4CC[C@H](C(=O)O)CC4)C5)c3Cl)c2Cl)ccc1CN[C@@H]1CC[C@@H](O)C1. The molecule has 1 aliphatic heterocycles. The summed E-state index contributed by atoms with van der Waals surface area (Å²) in [4.78, 5) is 41.5. The highest BCUT2D eigenvalue weighted by Crippen LogP contribution is 2.40. The first-order chi connectivity index (χ1) is 25.6. The van der Waals surface area contributed by atoms with Crippen molar-refractivity contribution in [2.75, 3.05) is 25.5 Å². The Bertz CT molecular complexity index is 2000. The fourth-order valence-corrected chi connectivity index (χ4v) is 8.62. The highest BCUT2D eigenvalue weighted by molar-refractivity contribution is 6.39. The van der Waals surface area contributed by atoms with Crippen molar-refractivity contribution in [2.45, 2.75) is 76.6 Å². The third kappa shape index (κ3) is 8.07. The van der Waals surface area contributed by atoms with Gasteiger partial charge in [-0.05, 0) is 69.1 Å². The first kappa shape index (κ1) is 37.3. The highest BCUT2D eigenvalue weighted by Gasteiger charge is 2.31. The van der Waals surface area contributed by atoms with E-state index in [9.17, 15) is 19.8 Å². The highest BCUT2D eigenvalue weighted by atomic mass is 35.5. The second kappa shape index (κ2) is 16.1. The lowest BCUT2D eigenvalue weighted by molar-refractivity contribution is -0.143. The number of rotatable bonds is 11. The lowest BCUT2D eigenvalue weighted by atomic mass is 9.81. The molecule has 0 unspecified atom stereocenters. The Labute approximate surface area is 318 Å². The molecule has 0 saturated heterocycles. The molecule has 14 heteroatoms. The minimum atomic E-state index is -0.685. The molecule has 0 spiro atoms. The van der Waals surface area contributed by atoms with E-state index in [0.29, 0.717) is 69.0 Å². The first-order valence-corrected chi connectivity index (χ1v) is 19.0. The number of aliphatic hydroxyl groups is 1. The van der Waals surface area contributed by atoms with Crippen LogP contribution in [-0.2, 0) is 31.4 Å². The van der Waals surface area contributed by atoms with Gasteiger partial charge in [-0.2, -0.15) is 0 Å². The molecular formula is C39H45Cl2N7O5. The Kier molecular flexibility index (Phi) is 11.3. The van der Waals surface area contributed by atoms with Crippen molar-refractivity contribution >= 4 is 40.8 Å². The zero-order valence-electron chi connectivity index (χ0n) is 29.9. The number of fused-ring (bicyclic) bond motifs is 1. The van der Waals surface area contributed by atoms with E-state index in [1.165, 1.54) is 0 Å². The summed E-state index contributed by atoms with van der Waals surface area (Å²) >= 11 is 14.0. The van der Waals surface area contributed by atoms with Gasteiger partial charge in [-0.1, -0.05) is 41.4 Å². The molecule has 1 aromatic carbocycles. The number of hydrogen-bond donors (Lipinski definition) is 4. The lowest BCUT2D eigenvalue weighted by Gasteiger charge is -2.33. The lowest BCUT2D eigenvalue weighted by Crippen LogP contribution is -2.36. The topological polar surface area (TPSA) is 155 Å². The number of pyridine rings is 2. The van der Waals surface area contributed by atoms with Crippen LogP contribution in [0.4, 0.5) is 5.69 Å². The standard InChI is InChI=1S/C39H45Cl2N7O5/c1-47-32-15-17-48(20-22-6-8-23(9-7-22)39(51)52)21-31(32)44-36(47)37(50)45-30-5-3-4-28(33(30)40)35-34(41)27(14-16-42-35)29-13-10-24(38(46-29)53-2)19-43-25-11-12-26(49)18-25/h3-5,10,13-14,16,22-23,25-26,43,49H,6-9,11-12,15,17-21H2,1-2H3,(H,45,50)(H,51,52)/t22-,23-,25-,26-/m1/s1. The molecule has 4 heterocycles. The molecule has 1 amide bonds. The number of aliphatic hydroxyl groups excluding tert-OH is 1. The number of methoxy groups -OCH3 is 1. The molecule has 2 fully saturated rings. The summed E-state index contributed by atoms with van der Waals surface area (Å²) in [6.45, 7) is 2.99. The van der Waals surface area contributed by atoms with Gasteiger partial charge in [0.15, 0.2) is 5.82 Å². The fourth-order valence-electron chi connectivity index (χ4n) is 8.05. The number of nitrogens with one attached hydrogen (secondary N) is 2. The van der Waals surface area contributed by atoms with Crippen LogP contribution in [0.1, 0.15) is 72.5 Å². The van der Waals surface area contributed by atoms with Crippen molar-refractivity contribution in [3.05, 3.63) is 75.4 Å². The van der Waals surface area contributed by atoms with Gasteiger partial charge < -0.3 is 30.2 Å². The van der Waals surface area contributed by atoms with E-state index in [4.69, 9.17) is 37.9 Å². The Morgan fingerprint density at radius 2 is 1.81 bits per heavy atom. The van der Waals surface area contributed by atoms with Crippen LogP contribution in [0.3, 0.4) is 0 Å². The van der Waals surface area contributed by atoms with Gasteiger partial charge in [0.2, 0.25) is 5.88 Å². The smallest absolute Gasteiger partial charge is 0.306 e. The van der Waals surface area contributed by atoms with Crippen molar-refractivity contribution in [3.63, 3.8) is 0 Å². The van der Waals surface area contributed by atoms with Gasteiger partial charge in [-0.25, -0.2) is 9.97 Å². The number of anilines is 1. The van der Waals surface area contributed by atoms with Crippen LogP contribution in [-0.4, -0.2) is 78.9 Å². The maximum absolute atomic E-state index is 13.7. The van der Waals surface area contributed by atoms with Crippen LogP contribution in [0, 0.1) is 11.8 Å².